The highest BCUT2D eigenvalue weighted by molar-refractivity contribution is 5.13. The molecule has 0 saturated heterocycles. The Hall–Kier alpha value is -0.940. The second-order valence-corrected chi connectivity index (χ2v) is 5.36. The Morgan fingerprint density at radius 2 is 1.75 bits per heavy atom. The van der Waals surface area contributed by atoms with Gasteiger partial charge in [0.1, 0.15) is 0 Å². The number of aliphatic hydroxyl groups excluding tert-OH is 3. The molecule has 0 unspecified atom stereocenters. The summed E-state index contributed by atoms with van der Waals surface area (Å²) in [6, 6.07) is 9.82. The van der Waals surface area contributed by atoms with Gasteiger partial charge < -0.3 is 20.1 Å². The summed E-state index contributed by atoms with van der Waals surface area (Å²) in [4.78, 5) is 0. The lowest BCUT2D eigenvalue weighted by Crippen LogP contribution is -2.38. The van der Waals surface area contributed by atoms with Gasteiger partial charge in [-0.05, 0) is 12.0 Å². The highest BCUT2D eigenvalue weighted by Gasteiger charge is 2.29. The van der Waals surface area contributed by atoms with E-state index in [0.29, 0.717) is 13.0 Å². The number of hydrogen-bond acceptors (Lipinski definition) is 4. The Kier molecular flexibility index (Phi) is 7.77. The molecule has 0 spiro atoms. The third kappa shape index (κ3) is 5.21. The Bertz CT molecular complexity index is 355. The second-order valence-electron chi connectivity index (χ2n) is 5.36. The van der Waals surface area contributed by atoms with Crippen LogP contribution in [0.15, 0.2) is 30.3 Å². The number of rotatable bonds is 9. The van der Waals surface area contributed by atoms with Crippen LogP contribution in [0.2, 0.25) is 0 Å². The highest BCUT2D eigenvalue weighted by atomic mass is 16.5. The van der Waals surface area contributed by atoms with E-state index in [9.17, 15) is 10.2 Å². The summed E-state index contributed by atoms with van der Waals surface area (Å²) in [6.45, 7) is 4.20. The predicted octanol–water partition coefficient (Wildman–Crippen LogP) is 1.58. The first-order valence-electron chi connectivity index (χ1n) is 7.15. The van der Waals surface area contributed by atoms with Gasteiger partial charge in [-0.3, -0.25) is 0 Å². The van der Waals surface area contributed by atoms with E-state index in [4.69, 9.17) is 9.84 Å². The number of ether oxygens (including phenoxy) is 1. The van der Waals surface area contributed by atoms with Gasteiger partial charge in [-0.25, -0.2) is 0 Å². The summed E-state index contributed by atoms with van der Waals surface area (Å²) in [7, 11) is 0. The molecule has 0 heterocycles. The van der Waals surface area contributed by atoms with Crippen LogP contribution < -0.4 is 0 Å². The van der Waals surface area contributed by atoms with Gasteiger partial charge in [0.2, 0.25) is 0 Å². The lowest BCUT2D eigenvalue weighted by atomic mass is 9.88. The molecule has 114 valence electrons. The van der Waals surface area contributed by atoms with Crippen molar-refractivity contribution in [3.63, 3.8) is 0 Å². The molecule has 0 radical (unpaired) electrons. The van der Waals surface area contributed by atoms with Crippen molar-refractivity contribution in [2.24, 2.45) is 11.8 Å². The molecule has 4 atom stereocenters. The summed E-state index contributed by atoms with van der Waals surface area (Å²) in [5.41, 5.74) is 1.06. The number of hydrogen-bond donors (Lipinski definition) is 3. The lowest BCUT2D eigenvalue weighted by Gasteiger charge is -2.31. The normalized spacial score (nSPS) is 17.4. The third-order valence-electron chi connectivity index (χ3n) is 3.68. The maximum absolute atomic E-state index is 10.0. The van der Waals surface area contributed by atoms with Crippen LogP contribution in [-0.2, 0) is 11.3 Å². The molecule has 3 N–H and O–H groups in total. The molecule has 0 saturated carbocycles. The zero-order chi connectivity index (χ0) is 15.0. The Balaban J connectivity index is 2.64. The number of benzene rings is 1. The van der Waals surface area contributed by atoms with E-state index < -0.39 is 6.10 Å². The van der Waals surface area contributed by atoms with Crippen molar-refractivity contribution in [1.82, 2.24) is 0 Å². The van der Waals surface area contributed by atoms with Gasteiger partial charge in [0.15, 0.2) is 0 Å². The van der Waals surface area contributed by atoms with E-state index in [1.807, 2.05) is 44.2 Å². The molecule has 20 heavy (non-hydrogen) atoms. The largest absolute Gasteiger partial charge is 0.396 e. The van der Waals surface area contributed by atoms with Crippen LogP contribution in [0, 0.1) is 11.8 Å². The lowest BCUT2D eigenvalue weighted by molar-refractivity contribution is -0.0777. The van der Waals surface area contributed by atoms with Crippen molar-refractivity contribution in [2.75, 3.05) is 13.2 Å². The zero-order valence-electron chi connectivity index (χ0n) is 12.3. The molecule has 1 aromatic carbocycles. The van der Waals surface area contributed by atoms with Crippen LogP contribution in [0.5, 0.6) is 0 Å². The third-order valence-corrected chi connectivity index (χ3v) is 3.68. The minimum atomic E-state index is -0.630. The monoisotopic (exact) mass is 282 g/mol. The second kappa shape index (κ2) is 9.08. The van der Waals surface area contributed by atoms with Crippen LogP contribution in [0.1, 0.15) is 25.8 Å². The average molecular weight is 282 g/mol. The van der Waals surface area contributed by atoms with Gasteiger partial charge in [0.05, 0.1) is 18.8 Å². The molecule has 0 bridgehead atoms. The minimum Gasteiger partial charge on any atom is -0.396 e. The Labute approximate surface area is 121 Å². The number of aliphatic hydroxyl groups is 3. The smallest absolute Gasteiger partial charge is 0.0720 e. The maximum Gasteiger partial charge on any atom is 0.0720 e. The first-order valence-corrected chi connectivity index (χ1v) is 7.15. The SMILES string of the molecule is C[C@H]([C@H](OCc1ccccc1)[C@H](C)CO)[C@@H](O)CCO. The van der Waals surface area contributed by atoms with Crippen LogP contribution >= 0.6 is 0 Å². The molecule has 0 aliphatic rings. The van der Waals surface area contributed by atoms with E-state index in [2.05, 4.69) is 0 Å². The minimum absolute atomic E-state index is 0.00956. The first kappa shape index (κ1) is 17.1. The molecule has 0 aromatic heterocycles. The molecule has 0 amide bonds. The topological polar surface area (TPSA) is 69.9 Å². The average Bonchev–Trinajstić information content (AvgIpc) is 2.48. The fourth-order valence-corrected chi connectivity index (χ4v) is 2.32. The fraction of sp³-hybridized carbons (Fsp3) is 0.625. The van der Waals surface area contributed by atoms with Crippen molar-refractivity contribution in [2.45, 2.75) is 39.1 Å². The van der Waals surface area contributed by atoms with Crippen molar-refractivity contribution < 1.29 is 20.1 Å². The van der Waals surface area contributed by atoms with Gasteiger partial charge in [-0.15, -0.1) is 0 Å². The van der Waals surface area contributed by atoms with Crippen molar-refractivity contribution >= 4 is 0 Å². The predicted molar refractivity (Wildman–Crippen MR) is 78.1 cm³/mol. The summed E-state index contributed by atoms with van der Waals surface area (Å²) < 4.78 is 5.91. The summed E-state index contributed by atoms with van der Waals surface area (Å²) in [5.74, 6) is -0.213. The van der Waals surface area contributed by atoms with E-state index >= 15 is 0 Å². The molecule has 1 rings (SSSR count). The summed E-state index contributed by atoms with van der Waals surface area (Å²) >= 11 is 0. The fourth-order valence-electron chi connectivity index (χ4n) is 2.32. The van der Waals surface area contributed by atoms with Gasteiger partial charge in [0.25, 0.3) is 0 Å². The molecular weight excluding hydrogens is 256 g/mol. The maximum atomic E-state index is 10.0. The van der Waals surface area contributed by atoms with Gasteiger partial charge in [-0.2, -0.15) is 0 Å². The van der Waals surface area contributed by atoms with Gasteiger partial charge >= 0.3 is 0 Å². The van der Waals surface area contributed by atoms with Crippen molar-refractivity contribution in [3.8, 4) is 0 Å². The molecular formula is C16H26O4. The Morgan fingerprint density at radius 1 is 1.10 bits per heavy atom. The van der Waals surface area contributed by atoms with Crippen LogP contribution in [0.3, 0.4) is 0 Å². The van der Waals surface area contributed by atoms with Gasteiger partial charge in [-0.1, -0.05) is 44.2 Å². The molecule has 4 nitrogen and oxygen atoms in total. The Morgan fingerprint density at radius 3 is 2.30 bits per heavy atom. The van der Waals surface area contributed by atoms with Crippen molar-refractivity contribution in [1.29, 1.82) is 0 Å². The van der Waals surface area contributed by atoms with Crippen LogP contribution in [0.25, 0.3) is 0 Å². The van der Waals surface area contributed by atoms with E-state index in [1.54, 1.807) is 0 Å². The molecule has 0 aliphatic heterocycles. The highest BCUT2D eigenvalue weighted by Crippen LogP contribution is 2.23. The summed E-state index contributed by atoms with van der Waals surface area (Å²) in [5, 5.41) is 28.3. The van der Waals surface area contributed by atoms with Gasteiger partial charge in [0, 0.05) is 25.0 Å². The van der Waals surface area contributed by atoms with E-state index in [-0.39, 0.29) is 31.2 Å². The molecule has 4 heteroatoms. The quantitative estimate of drug-likeness (QED) is 0.643. The summed E-state index contributed by atoms with van der Waals surface area (Å²) in [6.07, 6.45) is -0.554. The van der Waals surface area contributed by atoms with Crippen LogP contribution in [-0.4, -0.2) is 40.7 Å². The molecule has 1 aromatic rings. The van der Waals surface area contributed by atoms with Crippen molar-refractivity contribution in [3.05, 3.63) is 35.9 Å². The van der Waals surface area contributed by atoms with E-state index in [1.165, 1.54) is 0 Å². The standard InChI is InChI=1S/C16H26O4/c1-12(10-18)16(13(2)15(19)8-9-17)20-11-14-6-4-3-5-7-14/h3-7,12-13,15-19H,8-11H2,1-2H3/t12-,13+,15+,16-/m1/s1. The molecule has 0 fully saturated rings. The first-order chi connectivity index (χ1) is 9.60. The van der Waals surface area contributed by atoms with Crippen LogP contribution in [0.4, 0.5) is 0 Å². The zero-order valence-corrected chi connectivity index (χ0v) is 12.3. The van der Waals surface area contributed by atoms with E-state index in [0.717, 1.165) is 5.56 Å². The molecule has 0 aliphatic carbocycles.